The van der Waals surface area contributed by atoms with Crippen molar-refractivity contribution in [1.29, 1.82) is 0 Å². The maximum atomic E-state index is 5.21. The van der Waals surface area contributed by atoms with Gasteiger partial charge in [0.2, 0.25) is 5.95 Å². The molecular formula is C45H28N4S. The van der Waals surface area contributed by atoms with Crippen LogP contribution in [0, 0.1) is 0 Å². The molecule has 10 rings (SSSR count). The topological polar surface area (TPSA) is 43.6 Å². The van der Waals surface area contributed by atoms with Crippen LogP contribution in [0.2, 0.25) is 0 Å². The molecule has 4 nitrogen and oxygen atoms in total. The van der Waals surface area contributed by atoms with E-state index in [1.54, 1.807) is 0 Å². The molecule has 0 atom stereocenters. The summed E-state index contributed by atoms with van der Waals surface area (Å²) in [6.45, 7) is 0. The van der Waals surface area contributed by atoms with Gasteiger partial charge in [-0.2, -0.15) is 9.97 Å². The van der Waals surface area contributed by atoms with Gasteiger partial charge in [-0.1, -0.05) is 146 Å². The van der Waals surface area contributed by atoms with Gasteiger partial charge in [-0.05, 0) is 46.5 Å². The Morgan fingerprint density at radius 1 is 0.380 bits per heavy atom. The Labute approximate surface area is 292 Å². The van der Waals surface area contributed by atoms with Crippen LogP contribution in [-0.2, 0) is 0 Å². The average Bonchev–Trinajstić information content (AvgIpc) is 3.74. The Hall–Kier alpha value is -6.43. The van der Waals surface area contributed by atoms with Crippen LogP contribution in [0.25, 0.3) is 93.0 Å². The molecule has 0 aliphatic carbocycles. The van der Waals surface area contributed by atoms with E-state index < -0.39 is 0 Å². The molecule has 0 saturated carbocycles. The molecule has 0 bridgehead atoms. The Morgan fingerprint density at radius 2 is 0.880 bits per heavy atom. The predicted molar refractivity (Wildman–Crippen MR) is 209 cm³/mol. The number of nitrogens with zero attached hydrogens (tertiary/aromatic N) is 4. The maximum Gasteiger partial charge on any atom is 0.238 e. The lowest BCUT2D eigenvalue weighted by molar-refractivity contribution is 0.955. The molecule has 0 radical (unpaired) electrons. The Morgan fingerprint density at radius 3 is 1.46 bits per heavy atom. The highest BCUT2D eigenvalue weighted by molar-refractivity contribution is 7.26. The fourth-order valence-corrected chi connectivity index (χ4v) is 8.28. The van der Waals surface area contributed by atoms with E-state index in [0.717, 1.165) is 27.5 Å². The van der Waals surface area contributed by atoms with E-state index in [2.05, 4.69) is 138 Å². The molecule has 0 spiro atoms. The van der Waals surface area contributed by atoms with E-state index in [4.69, 9.17) is 15.0 Å². The first-order valence-electron chi connectivity index (χ1n) is 16.7. The molecule has 7 aromatic carbocycles. The molecular weight excluding hydrogens is 629 g/mol. The summed E-state index contributed by atoms with van der Waals surface area (Å²) in [5, 5.41) is 4.81. The summed E-state index contributed by atoms with van der Waals surface area (Å²) in [7, 11) is 0. The Kier molecular flexibility index (Phi) is 6.64. The number of benzene rings is 7. The molecule has 0 N–H and O–H groups in total. The zero-order valence-corrected chi connectivity index (χ0v) is 27.7. The van der Waals surface area contributed by atoms with Gasteiger partial charge in [-0.15, -0.1) is 11.3 Å². The highest BCUT2D eigenvalue weighted by Crippen LogP contribution is 2.44. The summed E-state index contributed by atoms with van der Waals surface area (Å²) >= 11 is 1.83. The van der Waals surface area contributed by atoms with Gasteiger partial charge >= 0.3 is 0 Å². The molecule has 50 heavy (non-hydrogen) atoms. The van der Waals surface area contributed by atoms with E-state index in [-0.39, 0.29) is 0 Å². The smallest absolute Gasteiger partial charge is 0.238 e. The summed E-state index contributed by atoms with van der Waals surface area (Å²) in [4.78, 5) is 15.4. The van der Waals surface area contributed by atoms with Crippen molar-refractivity contribution in [2.24, 2.45) is 0 Å². The Balaban J connectivity index is 1.31. The second-order valence-electron chi connectivity index (χ2n) is 12.5. The number of hydrogen-bond donors (Lipinski definition) is 0. The summed E-state index contributed by atoms with van der Waals surface area (Å²) in [5.74, 6) is 1.88. The second kappa shape index (κ2) is 11.6. The van der Waals surface area contributed by atoms with Gasteiger partial charge < -0.3 is 0 Å². The van der Waals surface area contributed by atoms with Gasteiger partial charge in [-0.3, -0.25) is 4.57 Å². The van der Waals surface area contributed by atoms with Crippen LogP contribution in [0.1, 0.15) is 0 Å². The highest BCUT2D eigenvalue weighted by Gasteiger charge is 2.22. The molecule has 3 aromatic heterocycles. The van der Waals surface area contributed by atoms with Crippen LogP contribution in [-0.4, -0.2) is 19.5 Å². The van der Waals surface area contributed by atoms with Gasteiger partial charge in [-0.25, -0.2) is 4.98 Å². The minimum Gasteiger partial charge on any atom is -0.276 e. The van der Waals surface area contributed by atoms with Crippen LogP contribution in [0.4, 0.5) is 0 Å². The molecule has 234 valence electrons. The molecule has 3 heterocycles. The normalized spacial score (nSPS) is 11.6. The molecule has 0 aliphatic rings. The second-order valence-corrected chi connectivity index (χ2v) is 13.5. The third kappa shape index (κ3) is 4.71. The first-order valence-corrected chi connectivity index (χ1v) is 17.5. The third-order valence-corrected chi connectivity index (χ3v) is 10.7. The van der Waals surface area contributed by atoms with Crippen LogP contribution in [0.5, 0.6) is 0 Å². The minimum atomic E-state index is 0.597. The number of aromatic nitrogens is 4. The van der Waals surface area contributed by atoms with Gasteiger partial charge in [0.05, 0.1) is 15.7 Å². The lowest BCUT2D eigenvalue weighted by Gasteiger charge is -2.11. The van der Waals surface area contributed by atoms with Crippen molar-refractivity contribution in [3.8, 4) is 51.0 Å². The van der Waals surface area contributed by atoms with Gasteiger partial charge in [0.15, 0.2) is 11.6 Å². The SMILES string of the molecule is c1ccc(-c2ccc3sc4c(ccc5c6cc(-c7ccccc7)ccc6n(-c6nc(-c7ccccc7)nc(-c7ccccc7)n6)c54)c3c2)cc1. The number of rotatable bonds is 5. The van der Waals surface area contributed by atoms with E-state index in [1.165, 1.54) is 47.8 Å². The molecule has 10 aromatic rings. The monoisotopic (exact) mass is 656 g/mol. The van der Waals surface area contributed by atoms with Crippen molar-refractivity contribution < 1.29 is 0 Å². The van der Waals surface area contributed by atoms with E-state index >= 15 is 0 Å². The zero-order chi connectivity index (χ0) is 33.0. The van der Waals surface area contributed by atoms with Crippen molar-refractivity contribution in [2.75, 3.05) is 0 Å². The van der Waals surface area contributed by atoms with Gasteiger partial charge in [0, 0.05) is 37.4 Å². The van der Waals surface area contributed by atoms with Crippen LogP contribution < -0.4 is 0 Å². The molecule has 0 fully saturated rings. The summed E-state index contributed by atoms with van der Waals surface area (Å²) in [6, 6.07) is 59.7. The molecule has 0 saturated heterocycles. The van der Waals surface area contributed by atoms with Crippen molar-refractivity contribution >= 4 is 53.3 Å². The first kappa shape index (κ1) is 28.6. The average molecular weight is 657 g/mol. The first-order chi connectivity index (χ1) is 24.8. The molecule has 0 aliphatic heterocycles. The summed E-state index contributed by atoms with van der Waals surface area (Å²) in [6.07, 6.45) is 0. The highest BCUT2D eigenvalue weighted by atomic mass is 32.1. The summed E-state index contributed by atoms with van der Waals surface area (Å²) in [5.41, 5.74) is 8.83. The van der Waals surface area contributed by atoms with Gasteiger partial charge in [0.1, 0.15) is 0 Å². The quantitative estimate of drug-likeness (QED) is 0.185. The van der Waals surface area contributed by atoms with Crippen LogP contribution >= 0.6 is 11.3 Å². The van der Waals surface area contributed by atoms with E-state index in [9.17, 15) is 0 Å². The van der Waals surface area contributed by atoms with Gasteiger partial charge in [0.25, 0.3) is 0 Å². The van der Waals surface area contributed by atoms with E-state index in [0.29, 0.717) is 17.6 Å². The molecule has 0 unspecified atom stereocenters. The minimum absolute atomic E-state index is 0.597. The van der Waals surface area contributed by atoms with Crippen molar-refractivity contribution in [3.05, 3.63) is 170 Å². The number of hydrogen-bond acceptors (Lipinski definition) is 4. The number of thiophene rings is 1. The predicted octanol–water partition coefficient (Wildman–Crippen LogP) is 12.0. The fourth-order valence-electron chi connectivity index (χ4n) is 7.06. The van der Waals surface area contributed by atoms with E-state index in [1.807, 2.05) is 47.7 Å². The van der Waals surface area contributed by atoms with Crippen molar-refractivity contribution in [1.82, 2.24) is 19.5 Å². The van der Waals surface area contributed by atoms with Crippen molar-refractivity contribution in [3.63, 3.8) is 0 Å². The number of fused-ring (bicyclic) bond motifs is 7. The standard InChI is InChI=1S/C45H28N4S/c1-5-13-29(14-6-1)33-21-25-39-37(27-33)35-23-24-36-38-28-34(30-15-7-2-8-16-30)22-26-40(38)50-42(36)41(35)49(39)45-47-43(31-17-9-3-10-18-31)46-44(48-45)32-19-11-4-12-20-32/h1-28H. The lowest BCUT2D eigenvalue weighted by Crippen LogP contribution is -2.06. The molecule has 0 amide bonds. The fraction of sp³-hybridized carbons (Fsp3) is 0. The van der Waals surface area contributed by atoms with Crippen molar-refractivity contribution in [2.45, 2.75) is 0 Å². The lowest BCUT2D eigenvalue weighted by atomic mass is 10.0. The van der Waals surface area contributed by atoms with Crippen LogP contribution in [0.15, 0.2) is 170 Å². The zero-order valence-electron chi connectivity index (χ0n) is 26.9. The largest absolute Gasteiger partial charge is 0.276 e. The Bertz CT molecular complexity index is 2780. The summed E-state index contributed by atoms with van der Waals surface area (Å²) < 4.78 is 4.72. The third-order valence-electron chi connectivity index (χ3n) is 9.47. The van der Waals surface area contributed by atoms with Crippen LogP contribution in [0.3, 0.4) is 0 Å². The maximum absolute atomic E-state index is 5.21. The molecule has 5 heteroatoms.